The Kier molecular flexibility index (Phi) is 4.47. The maximum atomic E-state index is 11.3. The molecule has 4 aromatic rings. The number of fused-ring (bicyclic) bond motifs is 2. The first-order valence-electron chi connectivity index (χ1n) is 8.77. The van der Waals surface area contributed by atoms with E-state index < -0.39 is 5.97 Å². The molecule has 0 saturated carbocycles. The highest BCUT2D eigenvalue weighted by Crippen LogP contribution is 2.34. The molecule has 0 aliphatic heterocycles. The van der Waals surface area contributed by atoms with Gasteiger partial charge in [-0.15, -0.1) is 0 Å². The van der Waals surface area contributed by atoms with Gasteiger partial charge in [-0.1, -0.05) is 29.8 Å². The Morgan fingerprint density at radius 1 is 1.22 bits per heavy atom. The number of benzene rings is 2. The van der Waals surface area contributed by atoms with Gasteiger partial charge in [0.2, 0.25) is 0 Å². The van der Waals surface area contributed by atoms with Gasteiger partial charge in [-0.05, 0) is 42.7 Å². The van der Waals surface area contributed by atoms with Crippen LogP contribution in [0.5, 0.6) is 0 Å². The number of H-pyrrole nitrogens is 1. The minimum absolute atomic E-state index is 0.00127. The predicted molar refractivity (Wildman–Crippen MR) is 108 cm³/mol. The van der Waals surface area contributed by atoms with Crippen molar-refractivity contribution in [2.45, 2.75) is 26.3 Å². The van der Waals surface area contributed by atoms with E-state index in [1.165, 1.54) is 0 Å². The van der Waals surface area contributed by atoms with E-state index in [-0.39, 0.29) is 11.6 Å². The van der Waals surface area contributed by atoms with Crippen LogP contribution >= 0.6 is 15.9 Å². The molecule has 0 aliphatic rings. The van der Waals surface area contributed by atoms with Gasteiger partial charge in [-0.2, -0.15) is 10.2 Å². The van der Waals surface area contributed by atoms with Gasteiger partial charge in [0, 0.05) is 20.8 Å². The third-order valence-electron chi connectivity index (χ3n) is 4.74. The number of halogens is 1. The minimum Gasteiger partial charge on any atom is -0.478 e. The van der Waals surface area contributed by atoms with Crippen LogP contribution < -0.4 is 0 Å². The van der Waals surface area contributed by atoms with Crippen LogP contribution in [0.25, 0.3) is 21.8 Å². The van der Waals surface area contributed by atoms with Gasteiger partial charge in [-0.25, -0.2) is 4.79 Å². The summed E-state index contributed by atoms with van der Waals surface area (Å²) in [7, 11) is 0. The van der Waals surface area contributed by atoms with E-state index >= 15 is 0 Å². The van der Waals surface area contributed by atoms with E-state index in [9.17, 15) is 9.90 Å². The molecule has 2 aromatic carbocycles. The van der Waals surface area contributed by atoms with Crippen molar-refractivity contribution < 1.29 is 9.90 Å². The summed E-state index contributed by atoms with van der Waals surface area (Å²) in [5, 5.41) is 23.0. The number of hydrogen-bond donors (Lipinski definition) is 2. The lowest BCUT2D eigenvalue weighted by molar-refractivity contribution is 0.0697. The van der Waals surface area contributed by atoms with Crippen molar-refractivity contribution in [3.8, 4) is 0 Å². The average Bonchev–Trinajstić information content (AvgIpc) is 3.24. The third-order valence-corrected chi connectivity index (χ3v) is 5.19. The summed E-state index contributed by atoms with van der Waals surface area (Å²) < 4.78 is 2.98. The Bertz CT molecular complexity index is 1150. The Morgan fingerprint density at radius 2 is 2.04 bits per heavy atom. The Balaban J connectivity index is 1.91. The Labute approximate surface area is 164 Å². The number of nitrogens with zero attached hydrogens (tertiary/aromatic N) is 3. The molecule has 7 heteroatoms. The first-order valence-corrected chi connectivity index (χ1v) is 9.56. The largest absolute Gasteiger partial charge is 0.478 e. The third kappa shape index (κ3) is 3.23. The topological polar surface area (TPSA) is 83.8 Å². The highest BCUT2D eigenvalue weighted by Gasteiger charge is 2.22. The van der Waals surface area contributed by atoms with Gasteiger partial charge >= 0.3 is 5.97 Å². The maximum absolute atomic E-state index is 11.3. The van der Waals surface area contributed by atoms with Crippen molar-refractivity contribution in [2.75, 3.05) is 0 Å². The fraction of sp³-hybridized carbons (Fsp3) is 0.250. The fourth-order valence-corrected chi connectivity index (χ4v) is 4.04. The van der Waals surface area contributed by atoms with E-state index in [0.717, 1.165) is 38.3 Å². The molecule has 0 amide bonds. The number of aromatic nitrogens is 4. The summed E-state index contributed by atoms with van der Waals surface area (Å²) in [4.78, 5) is 11.3. The molecule has 6 nitrogen and oxygen atoms in total. The zero-order chi connectivity index (χ0) is 19.1. The van der Waals surface area contributed by atoms with Crippen LogP contribution in [0, 0.1) is 5.92 Å². The lowest BCUT2D eigenvalue weighted by Crippen LogP contribution is -2.15. The van der Waals surface area contributed by atoms with E-state index in [1.54, 1.807) is 18.3 Å². The highest BCUT2D eigenvalue weighted by molar-refractivity contribution is 9.10. The maximum Gasteiger partial charge on any atom is 0.335 e. The molecule has 0 fully saturated rings. The van der Waals surface area contributed by atoms with Gasteiger partial charge < -0.3 is 5.11 Å². The molecule has 4 rings (SSSR count). The van der Waals surface area contributed by atoms with Crippen molar-refractivity contribution in [1.29, 1.82) is 0 Å². The molecule has 0 aliphatic carbocycles. The SMILES string of the molecule is CC(C)CC(c1cc(Br)cc2cn[nH]c12)n1ncc2cc(C(=O)O)ccc21. The highest BCUT2D eigenvalue weighted by atomic mass is 79.9. The van der Waals surface area contributed by atoms with Crippen molar-refractivity contribution in [1.82, 2.24) is 20.0 Å². The van der Waals surface area contributed by atoms with Crippen molar-refractivity contribution >= 4 is 43.7 Å². The van der Waals surface area contributed by atoms with Crippen LogP contribution in [-0.2, 0) is 0 Å². The summed E-state index contributed by atoms with van der Waals surface area (Å²) in [6.45, 7) is 4.37. The van der Waals surface area contributed by atoms with Crippen LogP contribution in [0.4, 0.5) is 0 Å². The van der Waals surface area contributed by atoms with Gasteiger partial charge in [0.25, 0.3) is 0 Å². The number of aromatic amines is 1. The molecule has 0 saturated heterocycles. The summed E-state index contributed by atoms with van der Waals surface area (Å²) in [6, 6.07) is 9.27. The number of carbonyl (C=O) groups is 1. The lowest BCUT2D eigenvalue weighted by Gasteiger charge is -2.22. The molecule has 0 bridgehead atoms. The van der Waals surface area contributed by atoms with E-state index in [0.29, 0.717) is 5.92 Å². The van der Waals surface area contributed by atoms with Crippen LogP contribution in [0.3, 0.4) is 0 Å². The van der Waals surface area contributed by atoms with Crippen molar-refractivity contribution in [2.24, 2.45) is 5.92 Å². The van der Waals surface area contributed by atoms with Gasteiger partial charge in [0.15, 0.2) is 0 Å². The predicted octanol–water partition coefficient (Wildman–Crippen LogP) is 5.01. The molecule has 2 N–H and O–H groups in total. The molecular weight excluding hydrogens is 408 g/mol. The van der Waals surface area contributed by atoms with Crippen LogP contribution in [-0.4, -0.2) is 31.1 Å². The second kappa shape index (κ2) is 6.81. The van der Waals surface area contributed by atoms with E-state index in [4.69, 9.17) is 0 Å². The smallest absolute Gasteiger partial charge is 0.335 e. The first kappa shape index (κ1) is 17.7. The van der Waals surface area contributed by atoms with Gasteiger partial charge in [-0.3, -0.25) is 9.78 Å². The number of rotatable bonds is 5. The number of carboxylic acids is 1. The van der Waals surface area contributed by atoms with Crippen molar-refractivity contribution in [3.63, 3.8) is 0 Å². The number of aromatic carboxylic acids is 1. The standard InChI is InChI=1S/C20H19BrN4O2/c1-11(2)5-18(16-8-15(21)7-14-9-22-24-19(14)16)25-17-4-3-12(20(26)27)6-13(17)10-23-25/h3-4,6-11,18H,5H2,1-2H3,(H,22,24)(H,26,27). The zero-order valence-electron chi connectivity index (χ0n) is 15.0. The second-order valence-electron chi connectivity index (χ2n) is 7.14. The molecule has 27 heavy (non-hydrogen) atoms. The molecule has 1 unspecified atom stereocenters. The monoisotopic (exact) mass is 426 g/mol. The molecule has 0 radical (unpaired) electrons. The molecular formula is C20H19BrN4O2. The molecule has 2 heterocycles. The van der Waals surface area contributed by atoms with Crippen LogP contribution in [0.2, 0.25) is 0 Å². The lowest BCUT2D eigenvalue weighted by atomic mass is 9.95. The zero-order valence-corrected chi connectivity index (χ0v) is 16.6. The van der Waals surface area contributed by atoms with E-state index in [2.05, 4.69) is 51.1 Å². The van der Waals surface area contributed by atoms with Gasteiger partial charge in [0.1, 0.15) is 0 Å². The first-order chi connectivity index (χ1) is 12.9. The Hall–Kier alpha value is -2.67. The molecule has 0 spiro atoms. The number of nitrogens with one attached hydrogen (secondary N) is 1. The summed E-state index contributed by atoms with van der Waals surface area (Å²) >= 11 is 3.60. The number of hydrogen-bond acceptors (Lipinski definition) is 3. The summed E-state index contributed by atoms with van der Waals surface area (Å²) in [5.41, 5.74) is 3.28. The molecule has 1 atom stereocenters. The molecule has 2 aromatic heterocycles. The second-order valence-corrected chi connectivity index (χ2v) is 8.06. The molecule has 138 valence electrons. The number of carboxylic acid groups (broad SMARTS) is 1. The average molecular weight is 427 g/mol. The van der Waals surface area contributed by atoms with E-state index in [1.807, 2.05) is 23.0 Å². The summed E-state index contributed by atoms with van der Waals surface area (Å²) in [6.07, 6.45) is 4.44. The normalized spacial score (nSPS) is 12.9. The van der Waals surface area contributed by atoms with Crippen LogP contribution in [0.15, 0.2) is 47.2 Å². The van der Waals surface area contributed by atoms with Crippen molar-refractivity contribution in [3.05, 3.63) is 58.3 Å². The Morgan fingerprint density at radius 3 is 2.78 bits per heavy atom. The quantitative estimate of drug-likeness (QED) is 0.469. The van der Waals surface area contributed by atoms with Crippen LogP contribution in [0.1, 0.15) is 42.2 Å². The fourth-order valence-electron chi connectivity index (χ4n) is 3.55. The summed E-state index contributed by atoms with van der Waals surface area (Å²) in [5.74, 6) is -0.487. The minimum atomic E-state index is -0.936. The van der Waals surface area contributed by atoms with Gasteiger partial charge in [0.05, 0.1) is 35.0 Å².